The van der Waals surface area contributed by atoms with E-state index in [-0.39, 0.29) is 26.1 Å². The van der Waals surface area contributed by atoms with E-state index >= 15 is 0 Å². The van der Waals surface area contributed by atoms with E-state index in [2.05, 4.69) is 135 Å². The molecule has 64 heavy (non-hydrogen) atoms. The summed E-state index contributed by atoms with van der Waals surface area (Å²) in [4.78, 5) is 35.5. The second-order valence-corrected chi connectivity index (χ2v) is 18.2. The average molecular weight is 911 g/mol. The fraction of sp³-hybridized carbons (Fsp3) is 0.593. The molecule has 9 nitrogen and oxygen atoms in total. The van der Waals surface area contributed by atoms with Crippen LogP contribution >= 0.6 is 7.82 Å². The summed E-state index contributed by atoms with van der Waals surface area (Å²) in [5, 5.41) is 0. The molecule has 0 heterocycles. The molecular weight excluding hydrogens is 822 g/mol. The first-order valence-electron chi connectivity index (χ1n) is 24.3. The molecule has 0 bridgehead atoms. The lowest BCUT2D eigenvalue weighted by atomic mass is 10.1. The maximum absolute atomic E-state index is 12.7. The van der Waals surface area contributed by atoms with Crippen LogP contribution in [0.3, 0.4) is 0 Å². The number of rotatable bonds is 42. The second kappa shape index (κ2) is 44.6. The minimum Gasteiger partial charge on any atom is -0.462 e. The predicted octanol–water partition coefficient (Wildman–Crippen LogP) is 14.5. The van der Waals surface area contributed by atoms with Crippen molar-refractivity contribution in [2.45, 2.75) is 161 Å². The lowest BCUT2D eigenvalue weighted by Crippen LogP contribution is -2.37. The molecule has 0 aromatic rings. The van der Waals surface area contributed by atoms with Gasteiger partial charge in [-0.2, -0.15) is 0 Å². The highest BCUT2D eigenvalue weighted by Crippen LogP contribution is 2.43. The number of hydrogen-bond acceptors (Lipinski definition) is 7. The molecule has 0 aromatic heterocycles. The molecule has 10 heteroatoms. The summed E-state index contributed by atoms with van der Waals surface area (Å²) in [7, 11) is 1.42. The third kappa shape index (κ3) is 47.9. The van der Waals surface area contributed by atoms with Crippen LogP contribution in [0.5, 0.6) is 0 Å². The number of esters is 2. The van der Waals surface area contributed by atoms with Crippen LogP contribution < -0.4 is 0 Å². The fourth-order valence-electron chi connectivity index (χ4n) is 5.77. The van der Waals surface area contributed by atoms with E-state index in [1.165, 1.54) is 0 Å². The zero-order valence-electron chi connectivity index (χ0n) is 40.7. The third-order valence-electron chi connectivity index (χ3n) is 9.49. The van der Waals surface area contributed by atoms with Gasteiger partial charge in [-0.1, -0.05) is 161 Å². The van der Waals surface area contributed by atoms with Crippen LogP contribution in [0.4, 0.5) is 0 Å². The van der Waals surface area contributed by atoms with E-state index in [1.54, 1.807) is 0 Å². The van der Waals surface area contributed by atoms with Gasteiger partial charge in [-0.3, -0.25) is 18.6 Å². The lowest BCUT2D eigenvalue weighted by molar-refractivity contribution is -0.870. The lowest BCUT2D eigenvalue weighted by Gasteiger charge is -2.24. The van der Waals surface area contributed by atoms with Gasteiger partial charge in [0.05, 0.1) is 27.7 Å². The molecular formula is C54H89NO8P+. The van der Waals surface area contributed by atoms with E-state index < -0.39 is 32.5 Å². The normalized spacial score (nSPS) is 14.5. The second-order valence-electron chi connectivity index (χ2n) is 16.7. The van der Waals surface area contributed by atoms with Crippen molar-refractivity contribution in [3.63, 3.8) is 0 Å². The van der Waals surface area contributed by atoms with Gasteiger partial charge in [-0.25, -0.2) is 4.57 Å². The molecule has 0 saturated heterocycles. The van der Waals surface area contributed by atoms with Crippen LogP contribution in [0, 0.1) is 0 Å². The Morgan fingerprint density at radius 2 is 0.844 bits per heavy atom. The number of quaternary nitrogens is 1. The highest BCUT2D eigenvalue weighted by Gasteiger charge is 2.27. The number of nitrogens with zero attached hydrogens (tertiary/aromatic N) is 1. The Labute approximate surface area is 390 Å². The molecule has 0 radical (unpaired) electrons. The first-order valence-corrected chi connectivity index (χ1v) is 25.8. The molecule has 0 rings (SSSR count). The molecule has 362 valence electrons. The minimum absolute atomic E-state index is 0.0141. The number of phosphoric acid groups is 1. The fourth-order valence-corrected chi connectivity index (χ4v) is 6.51. The summed E-state index contributed by atoms with van der Waals surface area (Å²) in [5.41, 5.74) is 0. The van der Waals surface area contributed by atoms with Crippen LogP contribution in [-0.2, 0) is 32.7 Å². The van der Waals surface area contributed by atoms with Crippen molar-refractivity contribution < 1.29 is 42.1 Å². The number of phosphoric ester groups is 1. The maximum Gasteiger partial charge on any atom is 0.472 e. The highest BCUT2D eigenvalue weighted by molar-refractivity contribution is 7.47. The number of hydrogen-bond donors (Lipinski definition) is 1. The van der Waals surface area contributed by atoms with E-state index in [9.17, 15) is 19.0 Å². The van der Waals surface area contributed by atoms with Crippen molar-refractivity contribution in [3.8, 4) is 0 Å². The molecule has 0 amide bonds. The maximum atomic E-state index is 12.7. The Morgan fingerprint density at radius 1 is 0.484 bits per heavy atom. The van der Waals surface area contributed by atoms with Gasteiger partial charge in [0.25, 0.3) is 0 Å². The Kier molecular flexibility index (Phi) is 42.1. The number of allylic oxidation sites excluding steroid dienone is 20. The van der Waals surface area contributed by atoms with Crippen molar-refractivity contribution >= 4 is 19.8 Å². The molecule has 2 unspecified atom stereocenters. The molecule has 0 spiro atoms. The summed E-state index contributed by atoms with van der Waals surface area (Å²) < 4.78 is 34.3. The summed E-state index contributed by atoms with van der Waals surface area (Å²) in [6.45, 7) is 4.11. The van der Waals surface area contributed by atoms with Crippen LogP contribution in [0.15, 0.2) is 122 Å². The van der Waals surface area contributed by atoms with Gasteiger partial charge in [-0.05, 0) is 103 Å². The summed E-state index contributed by atoms with van der Waals surface area (Å²) in [6.07, 6.45) is 62.5. The summed E-state index contributed by atoms with van der Waals surface area (Å²) in [6, 6.07) is 0. The zero-order chi connectivity index (χ0) is 47.1. The number of likely N-dealkylation sites (N-methyl/N-ethyl adjacent to an activating group) is 1. The average Bonchev–Trinajstić information content (AvgIpc) is 3.25. The number of carbonyl (C=O) groups excluding carboxylic acids is 2. The highest BCUT2D eigenvalue weighted by atomic mass is 31.2. The first-order chi connectivity index (χ1) is 31.0. The predicted molar refractivity (Wildman–Crippen MR) is 270 cm³/mol. The van der Waals surface area contributed by atoms with Crippen molar-refractivity contribution in [2.24, 2.45) is 0 Å². The van der Waals surface area contributed by atoms with Crippen molar-refractivity contribution in [2.75, 3.05) is 47.5 Å². The monoisotopic (exact) mass is 911 g/mol. The molecule has 0 aliphatic rings. The largest absolute Gasteiger partial charge is 0.472 e. The van der Waals surface area contributed by atoms with E-state index in [0.29, 0.717) is 23.9 Å². The topological polar surface area (TPSA) is 108 Å². The summed E-state index contributed by atoms with van der Waals surface area (Å²) in [5.74, 6) is -0.869. The first kappa shape index (κ1) is 60.4. The van der Waals surface area contributed by atoms with Crippen molar-refractivity contribution in [1.29, 1.82) is 0 Å². The zero-order valence-corrected chi connectivity index (χ0v) is 41.6. The van der Waals surface area contributed by atoms with E-state index in [4.69, 9.17) is 18.5 Å². The number of ether oxygens (including phenoxy) is 2. The van der Waals surface area contributed by atoms with Crippen LogP contribution in [0.25, 0.3) is 0 Å². The smallest absolute Gasteiger partial charge is 0.462 e. The van der Waals surface area contributed by atoms with Gasteiger partial charge in [0, 0.05) is 12.8 Å². The standard InChI is InChI=1S/C54H88NO8P/c1-6-8-10-12-14-16-18-20-22-24-25-26-27-28-29-31-33-35-37-39-41-43-45-47-54(57)63-52(51-62-64(58,59)61-49-48-55(3,4)5)50-60-53(56)46-44-42-40-38-36-34-32-30-23-21-19-17-15-13-11-9-7-2/h8-11,14-17,20-23,25-26,28-29,32-35,52H,6-7,12-13,18-19,24,27,30-31,36-51H2,1-5H3/p+1/b10-8-,11-9-,16-14-,17-15-,22-20-,23-21-,26-25-,29-28-,34-32-,35-33-. The molecule has 2 atom stereocenters. The number of carbonyl (C=O) groups is 2. The van der Waals surface area contributed by atoms with Gasteiger partial charge in [0.15, 0.2) is 6.10 Å². The molecule has 1 N–H and O–H groups in total. The van der Waals surface area contributed by atoms with Gasteiger partial charge in [0.2, 0.25) is 0 Å². The minimum atomic E-state index is -4.40. The quantitative estimate of drug-likeness (QED) is 0.0212. The Morgan fingerprint density at radius 3 is 1.23 bits per heavy atom. The van der Waals surface area contributed by atoms with E-state index in [1.807, 2.05) is 21.1 Å². The molecule has 0 saturated carbocycles. The van der Waals surface area contributed by atoms with Gasteiger partial charge in [0.1, 0.15) is 19.8 Å². The molecule has 0 fully saturated rings. The summed E-state index contributed by atoms with van der Waals surface area (Å²) >= 11 is 0. The van der Waals surface area contributed by atoms with Crippen LogP contribution in [-0.4, -0.2) is 74.9 Å². The van der Waals surface area contributed by atoms with Crippen LogP contribution in [0.2, 0.25) is 0 Å². The van der Waals surface area contributed by atoms with Crippen molar-refractivity contribution in [1.82, 2.24) is 0 Å². The SMILES string of the molecule is CC/C=C\C/C=C\C/C=C\C/C=C\C/C=C\C/C=C\CCCCCCC(=O)OC(COC(=O)CCCCCC/C=C\C/C=C\C/C=C\C/C=C\CC)COP(=O)(O)OCC[N+](C)(C)C. The van der Waals surface area contributed by atoms with E-state index in [0.717, 1.165) is 116 Å². The molecule has 0 aromatic carbocycles. The van der Waals surface area contributed by atoms with Gasteiger partial charge in [-0.15, -0.1) is 0 Å². The molecule has 0 aliphatic heterocycles. The van der Waals surface area contributed by atoms with Crippen molar-refractivity contribution in [3.05, 3.63) is 122 Å². The third-order valence-corrected chi connectivity index (χ3v) is 10.5. The Bertz CT molecular complexity index is 1490. The van der Waals surface area contributed by atoms with Gasteiger partial charge >= 0.3 is 19.8 Å². The molecule has 0 aliphatic carbocycles. The van der Waals surface area contributed by atoms with Gasteiger partial charge < -0.3 is 18.9 Å². The van der Waals surface area contributed by atoms with Crippen LogP contribution in [0.1, 0.15) is 155 Å². The Balaban J connectivity index is 4.43. The Hall–Kier alpha value is -3.59. The number of unbranched alkanes of at least 4 members (excludes halogenated alkanes) is 8.